The highest BCUT2D eigenvalue weighted by atomic mass is 32.1. The van der Waals surface area contributed by atoms with Gasteiger partial charge in [-0.3, -0.25) is 0 Å². The monoisotopic (exact) mass is 377 g/mol. The van der Waals surface area contributed by atoms with Gasteiger partial charge in [-0.2, -0.15) is 0 Å². The van der Waals surface area contributed by atoms with E-state index >= 15 is 0 Å². The van der Waals surface area contributed by atoms with Crippen LogP contribution in [0.15, 0.2) is 34.6 Å². The molecule has 0 saturated carbocycles. The summed E-state index contributed by atoms with van der Waals surface area (Å²) < 4.78 is 10.5. The first-order valence-electron chi connectivity index (χ1n) is 8.53. The largest absolute Gasteiger partial charge is 0.497 e. The molecule has 1 atom stereocenters. The van der Waals surface area contributed by atoms with Crippen molar-refractivity contribution in [3.8, 4) is 11.5 Å². The van der Waals surface area contributed by atoms with E-state index in [1.807, 2.05) is 6.92 Å². The van der Waals surface area contributed by atoms with E-state index in [2.05, 4.69) is 34.0 Å². The quantitative estimate of drug-likeness (QED) is 0.487. The summed E-state index contributed by atoms with van der Waals surface area (Å²) in [5.74, 6) is 1.97. The predicted molar refractivity (Wildman–Crippen MR) is 106 cm³/mol. The van der Waals surface area contributed by atoms with Gasteiger partial charge < -0.3 is 25.2 Å². The molecular weight excluding hydrogens is 350 g/mol. The number of nitrogens with one attached hydrogen (secondary N) is 2. The maximum absolute atomic E-state index is 10.5. The molecule has 1 heterocycles. The molecule has 2 rings (SSSR count). The van der Waals surface area contributed by atoms with E-state index in [4.69, 9.17) is 9.47 Å². The van der Waals surface area contributed by atoms with E-state index in [1.165, 1.54) is 10.4 Å². The number of guanidine groups is 1. The van der Waals surface area contributed by atoms with Gasteiger partial charge in [0.05, 0.1) is 26.9 Å². The smallest absolute Gasteiger partial charge is 0.191 e. The Morgan fingerprint density at radius 2 is 1.88 bits per heavy atom. The first kappa shape index (κ1) is 20.1. The predicted octanol–water partition coefficient (Wildman–Crippen LogP) is 2.86. The Balaban J connectivity index is 2.02. The second-order valence-corrected chi connectivity index (χ2v) is 6.77. The molecule has 0 aliphatic carbocycles. The number of ether oxygens (including phenoxy) is 2. The molecule has 7 heteroatoms. The lowest BCUT2D eigenvalue weighted by molar-refractivity contribution is 0.180. The van der Waals surface area contributed by atoms with Crippen molar-refractivity contribution in [2.45, 2.75) is 26.5 Å². The van der Waals surface area contributed by atoms with Gasteiger partial charge in [-0.15, -0.1) is 11.3 Å². The Kier molecular flexibility index (Phi) is 7.74. The second-order valence-electron chi connectivity index (χ2n) is 5.76. The van der Waals surface area contributed by atoms with Crippen molar-refractivity contribution in [3.63, 3.8) is 0 Å². The normalized spacial score (nSPS) is 12.6. The van der Waals surface area contributed by atoms with Crippen molar-refractivity contribution >= 4 is 17.3 Å². The zero-order valence-corrected chi connectivity index (χ0v) is 16.5. The molecule has 0 aliphatic rings. The maximum atomic E-state index is 10.5. The SMILES string of the molecule is CCNC(=NCc1sccc1C)NCC(O)c1cc(OC)cc(OC)c1. The zero-order valence-electron chi connectivity index (χ0n) is 15.7. The molecule has 0 saturated heterocycles. The maximum Gasteiger partial charge on any atom is 0.191 e. The lowest BCUT2D eigenvalue weighted by Crippen LogP contribution is -2.39. The molecule has 0 radical (unpaired) electrons. The third-order valence-corrected chi connectivity index (χ3v) is 4.92. The molecule has 0 amide bonds. The van der Waals surface area contributed by atoms with Crippen LogP contribution in [0.3, 0.4) is 0 Å². The molecule has 0 spiro atoms. The van der Waals surface area contributed by atoms with Gasteiger partial charge in [0, 0.05) is 24.0 Å². The lowest BCUT2D eigenvalue weighted by Gasteiger charge is -2.17. The Hall–Kier alpha value is -2.25. The van der Waals surface area contributed by atoms with Gasteiger partial charge >= 0.3 is 0 Å². The minimum absolute atomic E-state index is 0.325. The zero-order chi connectivity index (χ0) is 18.9. The number of rotatable bonds is 8. The van der Waals surface area contributed by atoms with Gasteiger partial charge in [-0.05, 0) is 48.6 Å². The number of aliphatic hydroxyl groups is 1. The molecule has 3 N–H and O–H groups in total. The van der Waals surface area contributed by atoms with Gasteiger partial charge in [0.25, 0.3) is 0 Å². The standard InChI is InChI=1S/C19H27N3O3S/c1-5-20-19(22-12-18-13(2)6-7-26-18)21-11-17(23)14-8-15(24-3)10-16(9-14)25-4/h6-10,17,23H,5,11-12H2,1-4H3,(H2,20,21,22). The van der Waals surface area contributed by atoms with Crippen LogP contribution in [0, 0.1) is 6.92 Å². The second kappa shape index (κ2) is 10.0. The number of hydrogen-bond acceptors (Lipinski definition) is 5. The van der Waals surface area contributed by atoms with Gasteiger partial charge in [-0.25, -0.2) is 4.99 Å². The Bertz CT molecular complexity index is 708. The van der Waals surface area contributed by atoms with Crippen molar-refractivity contribution < 1.29 is 14.6 Å². The van der Waals surface area contributed by atoms with E-state index in [-0.39, 0.29) is 0 Å². The Morgan fingerprint density at radius 1 is 1.19 bits per heavy atom. The summed E-state index contributed by atoms with van der Waals surface area (Å²) in [5.41, 5.74) is 1.97. The van der Waals surface area contributed by atoms with E-state index in [9.17, 15) is 5.11 Å². The average Bonchev–Trinajstić information content (AvgIpc) is 3.08. The summed E-state index contributed by atoms with van der Waals surface area (Å²) in [4.78, 5) is 5.83. The van der Waals surface area contributed by atoms with Crippen LogP contribution in [0.5, 0.6) is 11.5 Å². The molecule has 26 heavy (non-hydrogen) atoms. The van der Waals surface area contributed by atoms with Crippen molar-refractivity contribution in [1.82, 2.24) is 10.6 Å². The molecule has 0 aliphatic heterocycles. The number of hydrogen-bond donors (Lipinski definition) is 3. The van der Waals surface area contributed by atoms with E-state index in [0.29, 0.717) is 30.5 Å². The number of methoxy groups -OCH3 is 2. The molecule has 1 unspecified atom stereocenters. The Morgan fingerprint density at radius 3 is 2.42 bits per heavy atom. The molecule has 142 valence electrons. The highest BCUT2D eigenvalue weighted by Crippen LogP contribution is 2.26. The van der Waals surface area contributed by atoms with Crippen LogP contribution >= 0.6 is 11.3 Å². The number of thiophene rings is 1. The summed E-state index contributed by atoms with van der Waals surface area (Å²) >= 11 is 1.70. The molecule has 0 bridgehead atoms. The first-order valence-corrected chi connectivity index (χ1v) is 9.41. The average molecular weight is 378 g/mol. The topological polar surface area (TPSA) is 75.1 Å². The van der Waals surface area contributed by atoms with E-state index in [1.54, 1.807) is 43.8 Å². The summed E-state index contributed by atoms with van der Waals surface area (Å²) in [7, 11) is 3.18. The van der Waals surface area contributed by atoms with Gasteiger partial charge in [0.2, 0.25) is 0 Å². The number of nitrogens with zero attached hydrogens (tertiary/aromatic N) is 1. The minimum Gasteiger partial charge on any atom is -0.497 e. The van der Waals surface area contributed by atoms with Crippen molar-refractivity contribution in [2.75, 3.05) is 27.3 Å². The van der Waals surface area contributed by atoms with Crippen molar-refractivity contribution in [3.05, 3.63) is 45.6 Å². The molecule has 0 fully saturated rings. The highest BCUT2D eigenvalue weighted by molar-refractivity contribution is 7.10. The van der Waals surface area contributed by atoms with Crippen LogP contribution < -0.4 is 20.1 Å². The van der Waals surface area contributed by atoms with E-state index < -0.39 is 6.10 Å². The van der Waals surface area contributed by atoms with Crippen LogP contribution in [0.1, 0.15) is 29.0 Å². The Labute approximate surface area is 158 Å². The fourth-order valence-corrected chi connectivity index (χ4v) is 3.22. The van der Waals surface area contributed by atoms with Crippen molar-refractivity contribution in [2.24, 2.45) is 4.99 Å². The molecule has 6 nitrogen and oxygen atoms in total. The molecule has 2 aromatic rings. The van der Waals surface area contributed by atoms with Crippen LogP contribution in [0.2, 0.25) is 0 Å². The number of aliphatic imine (C=N–C) groups is 1. The lowest BCUT2D eigenvalue weighted by atomic mass is 10.1. The van der Waals surface area contributed by atoms with Gasteiger partial charge in [-0.1, -0.05) is 0 Å². The minimum atomic E-state index is -0.716. The van der Waals surface area contributed by atoms with Gasteiger partial charge in [0.15, 0.2) is 5.96 Å². The third kappa shape index (κ3) is 5.64. The van der Waals surface area contributed by atoms with Crippen LogP contribution in [0.4, 0.5) is 0 Å². The first-order chi connectivity index (χ1) is 12.6. The van der Waals surface area contributed by atoms with Crippen molar-refractivity contribution in [1.29, 1.82) is 0 Å². The highest BCUT2D eigenvalue weighted by Gasteiger charge is 2.12. The summed E-state index contributed by atoms with van der Waals surface area (Å²) in [6.45, 7) is 5.78. The van der Waals surface area contributed by atoms with Crippen LogP contribution in [0.25, 0.3) is 0 Å². The molecular formula is C19H27N3O3S. The fourth-order valence-electron chi connectivity index (χ4n) is 2.39. The summed E-state index contributed by atoms with van der Waals surface area (Å²) in [6, 6.07) is 7.47. The molecule has 1 aromatic carbocycles. The third-order valence-electron chi connectivity index (χ3n) is 3.91. The summed E-state index contributed by atoms with van der Waals surface area (Å²) in [6.07, 6.45) is -0.716. The fraction of sp³-hybridized carbons (Fsp3) is 0.421. The summed E-state index contributed by atoms with van der Waals surface area (Å²) in [5, 5.41) is 19.0. The number of aryl methyl sites for hydroxylation is 1. The van der Waals surface area contributed by atoms with Crippen LogP contribution in [-0.2, 0) is 6.54 Å². The number of benzene rings is 1. The number of aliphatic hydroxyl groups excluding tert-OH is 1. The van der Waals surface area contributed by atoms with E-state index in [0.717, 1.165) is 12.1 Å². The molecule has 1 aromatic heterocycles. The van der Waals surface area contributed by atoms with Crippen LogP contribution in [-0.4, -0.2) is 38.4 Å². The van der Waals surface area contributed by atoms with Gasteiger partial charge in [0.1, 0.15) is 11.5 Å².